The first kappa shape index (κ1) is 11.2. The highest BCUT2D eigenvalue weighted by molar-refractivity contribution is 5.34. The predicted octanol–water partition coefficient (Wildman–Crippen LogP) is 2.98. The van der Waals surface area contributed by atoms with E-state index in [2.05, 4.69) is 11.4 Å². The molecule has 0 atom stereocenters. The quantitative estimate of drug-likeness (QED) is 0.781. The Kier molecular flexibility index (Phi) is 3.64. The molecule has 0 aromatic heterocycles. The summed E-state index contributed by atoms with van der Waals surface area (Å²) in [6.07, 6.45) is 0. The van der Waals surface area contributed by atoms with Gasteiger partial charge in [-0.1, -0.05) is 19.9 Å². The van der Waals surface area contributed by atoms with Gasteiger partial charge >= 0.3 is 0 Å². The smallest absolute Gasteiger partial charge is 0.127 e. The Morgan fingerprint density at radius 1 is 1.36 bits per heavy atom. The van der Waals surface area contributed by atoms with Gasteiger partial charge in [0.2, 0.25) is 0 Å². The molecule has 2 heteroatoms. The van der Waals surface area contributed by atoms with Gasteiger partial charge in [-0.25, -0.2) is 4.39 Å². The molecule has 0 heterocycles. The zero-order chi connectivity index (χ0) is 10.7. The molecule has 0 amide bonds. The standard InChI is InChI=1S/C12H18FN/c1-8(2)12-9(3)5-10(7-14-4)6-11(12)13/h5-6,8,14H,7H2,1-4H3. The molecule has 1 nitrogen and oxygen atoms in total. The fourth-order valence-electron chi connectivity index (χ4n) is 1.86. The van der Waals surface area contributed by atoms with E-state index >= 15 is 0 Å². The molecule has 0 radical (unpaired) electrons. The number of aryl methyl sites for hydroxylation is 1. The molecule has 0 aliphatic rings. The van der Waals surface area contributed by atoms with Gasteiger partial charge in [0.15, 0.2) is 0 Å². The predicted molar refractivity (Wildman–Crippen MR) is 58.0 cm³/mol. The Labute approximate surface area is 85.3 Å². The van der Waals surface area contributed by atoms with Crippen molar-refractivity contribution in [2.24, 2.45) is 0 Å². The number of hydrogen-bond donors (Lipinski definition) is 1. The molecule has 0 unspecified atom stereocenters. The van der Waals surface area contributed by atoms with Gasteiger partial charge in [0.1, 0.15) is 5.82 Å². The van der Waals surface area contributed by atoms with Gasteiger partial charge in [0, 0.05) is 6.54 Å². The second kappa shape index (κ2) is 4.56. The van der Waals surface area contributed by atoms with Crippen molar-refractivity contribution in [2.45, 2.75) is 33.2 Å². The average Bonchev–Trinajstić information content (AvgIpc) is 2.01. The van der Waals surface area contributed by atoms with Gasteiger partial charge in [-0.3, -0.25) is 0 Å². The van der Waals surface area contributed by atoms with Crippen LogP contribution in [0.25, 0.3) is 0 Å². The molecular formula is C12H18FN. The first-order valence-electron chi connectivity index (χ1n) is 4.99. The first-order chi connectivity index (χ1) is 6.56. The van der Waals surface area contributed by atoms with Crippen LogP contribution < -0.4 is 5.32 Å². The lowest BCUT2D eigenvalue weighted by Gasteiger charge is -2.13. The van der Waals surface area contributed by atoms with Gasteiger partial charge in [-0.2, -0.15) is 0 Å². The zero-order valence-electron chi connectivity index (χ0n) is 9.32. The molecule has 0 spiro atoms. The first-order valence-corrected chi connectivity index (χ1v) is 4.99. The minimum Gasteiger partial charge on any atom is -0.316 e. The zero-order valence-corrected chi connectivity index (χ0v) is 9.32. The van der Waals surface area contributed by atoms with E-state index in [-0.39, 0.29) is 11.7 Å². The molecular weight excluding hydrogens is 177 g/mol. The van der Waals surface area contributed by atoms with E-state index < -0.39 is 0 Å². The minimum atomic E-state index is -0.0785. The summed E-state index contributed by atoms with van der Waals surface area (Å²) in [5.74, 6) is 0.170. The van der Waals surface area contributed by atoms with Crippen molar-refractivity contribution in [1.82, 2.24) is 5.32 Å². The lowest BCUT2D eigenvalue weighted by atomic mass is 9.95. The summed E-state index contributed by atoms with van der Waals surface area (Å²) in [6, 6.07) is 3.67. The van der Waals surface area contributed by atoms with Crippen molar-refractivity contribution in [3.05, 3.63) is 34.6 Å². The maximum Gasteiger partial charge on any atom is 0.127 e. The van der Waals surface area contributed by atoms with E-state index in [0.29, 0.717) is 0 Å². The van der Waals surface area contributed by atoms with Gasteiger partial charge in [-0.05, 0) is 42.6 Å². The lowest BCUT2D eigenvalue weighted by Crippen LogP contribution is -2.07. The number of hydrogen-bond acceptors (Lipinski definition) is 1. The van der Waals surface area contributed by atoms with Crippen LogP contribution in [0.2, 0.25) is 0 Å². The Balaban J connectivity index is 3.11. The molecule has 0 aliphatic carbocycles. The van der Waals surface area contributed by atoms with Crippen LogP contribution in [0.4, 0.5) is 4.39 Å². The lowest BCUT2D eigenvalue weighted by molar-refractivity contribution is 0.592. The Morgan fingerprint density at radius 3 is 2.43 bits per heavy atom. The minimum absolute atomic E-state index is 0.0785. The van der Waals surface area contributed by atoms with Crippen LogP contribution >= 0.6 is 0 Å². The molecule has 1 N–H and O–H groups in total. The summed E-state index contributed by atoms with van der Waals surface area (Å²) in [5, 5.41) is 3.02. The highest BCUT2D eigenvalue weighted by Crippen LogP contribution is 2.23. The van der Waals surface area contributed by atoms with E-state index in [1.807, 2.05) is 27.8 Å². The highest BCUT2D eigenvalue weighted by atomic mass is 19.1. The fraction of sp³-hybridized carbons (Fsp3) is 0.500. The third-order valence-corrected chi connectivity index (χ3v) is 2.35. The Hall–Kier alpha value is -0.890. The summed E-state index contributed by atoms with van der Waals surface area (Å²) in [4.78, 5) is 0. The van der Waals surface area contributed by atoms with Crippen molar-refractivity contribution >= 4 is 0 Å². The molecule has 14 heavy (non-hydrogen) atoms. The third-order valence-electron chi connectivity index (χ3n) is 2.35. The van der Waals surface area contributed by atoms with Crippen LogP contribution in [0.1, 0.15) is 36.5 Å². The Morgan fingerprint density at radius 2 is 2.00 bits per heavy atom. The van der Waals surface area contributed by atoms with Crippen molar-refractivity contribution in [3.8, 4) is 0 Å². The molecule has 0 saturated carbocycles. The maximum atomic E-state index is 13.7. The SMILES string of the molecule is CNCc1cc(C)c(C(C)C)c(F)c1. The monoisotopic (exact) mass is 195 g/mol. The topological polar surface area (TPSA) is 12.0 Å². The molecule has 0 bridgehead atoms. The molecule has 1 aromatic carbocycles. The number of nitrogens with one attached hydrogen (secondary N) is 1. The second-order valence-corrected chi connectivity index (χ2v) is 3.99. The summed E-state index contributed by atoms with van der Waals surface area (Å²) in [7, 11) is 1.86. The van der Waals surface area contributed by atoms with E-state index in [0.717, 1.165) is 23.2 Å². The number of rotatable bonds is 3. The van der Waals surface area contributed by atoms with Crippen LogP contribution in [-0.2, 0) is 6.54 Å². The third kappa shape index (κ3) is 2.32. The average molecular weight is 195 g/mol. The van der Waals surface area contributed by atoms with Gasteiger partial charge in [0.05, 0.1) is 0 Å². The molecule has 1 aromatic rings. The largest absolute Gasteiger partial charge is 0.316 e. The van der Waals surface area contributed by atoms with E-state index in [9.17, 15) is 4.39 Å². The van der Waals surface area contributed by atoms with Crippen molar-refractivity contribution in [1.29, 1.82) is 0 Å². The van der Waals surface area contributed by atoms with Crippen molar-refractivity contribution < 1.29 is 4.39 Å². The summed E-state index contributed by atoms with van der Waals surface area (Å²) in [5.41, 5.74) is 2.89. The van der Waals surface area contributed by atoms with E-state index in [1.165, 1.54) is 0 Å². The number of benzene rings is 1. The molecule has 0 saturated heterocycles. The van der Waals surface area contributed by atoms with E-state index in [4.69, 9.17) is 0 Å². The highest BCUT2D eigenvalue weighted by Gasteiger charge is 2.10. The van der Waals surface area contributed by atoms with Crippen LogP contribution in [0.3, 0.4) is 0 Å². The molecule has 78 valence electrons. The van der Waals surface area contributed by atoms with Crippen LogP contribution in [-0.4, -0.2) is 7.05 Å². The van der Waals surface area contributed by atoms with Crippen LogP contribution in [0, 0.1) is 12.7 Å². The van der Waals surface area contributed by atoms with Crippen molar-refractivity contribution in [3.63, 3.8) is 0 Å². The summed E-state index contributed by atoms with van der Waals surface area (Å²) >= 11 is 0. The van der Waals surface area contributed by atoms with Crippen LogP contribution in [0.15, 0.2) is 12.1 Å². The summed E-state index contributed by atoms with van der Waals surface area (Å²) < 4.78 is 13.7. The Bertz CT molecular complexity index is 295. The van der Waals surface area contributed by atoms with Crippen LogP contribution in [0.5, 0.6) is 0 Å². The molecule has 0 fully saturated rings. The van der Waals surface area contributed by atoms with Gasteiger partial charge in [0.25, 0.3) is 0 Å². The summed E-state index contributed by atoms with van der Waals surface area (Å²) in [6.45, 7) is 6.72. The normalized spacial score (nSPS) is 11.0. The van der Waals surface area contributed by atoms with Gasteiger partial charge in [-0.15, -0.1) is 0 Å². The second-order valence-electron chi connectivity index (χ2n) is 3.99. The molecule has 1 rings (SSSR count). The maximum absolute atomic E-state index is 13.7. The van der Waals surface area contributed by atoms with Gasteiger partial charge < -0.3 is 5.32 Å². The number of halogens is 1. The molecule has 0 aliphatic heterocycles. The van der Waals surface area contributed by atoms with Crippen molar-refractivity contribution in [2.75, 3.05) is 7.05 Å². The van der Waals surface area contributed by atoms with E-state index in [1.54, 1.807) is 6.07 Å². The fourth-order valence-corrected chi connectivity index (χ4v) is 1.86.